The number of hydrogen-bond donors (Lipinski definition) is 1. The lowest BCUT2D eigenvalue weighted by Crippen LogP contribution is -2.40. The van der Waals surface area contributed by atoms with Gasteiger partial charge in [0.05, 0.1) is 34.4 Å². The molecule has 2 aromatic heterocycles. The van der Waals surface area contributed by atoms with Crippen molar-refractivity contribution in [1.29, 1.82) is 0 Å². The SMILES string of the molecule is CC1=C(C(=O)Nc2ccccc2C)[C@@H](c2ccccc2)n2c(s/c(=C/c3ccoc3)c2=O)=N1. The summed E-state index contributed by atoms with van der Waals surface area (Å²) in [5.74, 6) is -0.275. The predicted octanol–water partition coefficient (Wildman–Crippen LogP) is 3.78. The van der Waals surface area contributed by atoms with E-state index in [9.17, 15) is 9.59 Å². The molecule has 0 unspecified atom stereocenters. The van der Waals surface area contributed by atoms with E-state index in [2.05, 4.69) is 10.3 Å². The number of hydrogen-bond acceptors (Lipinski definition) is 5. The molecule has 2 aromatic carbocycles. The molecule has 33 heavy (non-hydrogen) atoms. The molecule has 0 fully saturated rings. The largest absolute Gasteiger partial charge is 0.472 e. The molecule has 7 heteroatoms. The monoisotopic (exact) mass is 455 g/mol. The average Bonchev–Trinajstić information content (AvgIpc) is 3.43. The number of rotatable bonds is 4. The van der Waals surface area contributed by atoms with E-state index in [4.69, 9.17) is 4.42 Å². The zero-order valence-corrected chi connectivity index (χ0v) is 18.9. The third kappa shape index (κ3) is 3.87. The first kappa shape index (κ1) is 20.9. The summed E-state index contributed by atoms with van der Waals surface area (Å²) < 4.78 is 7.28. The highest BCUT2D eigenvalue weighted by Gasteiger charge is 2.32. The number of aromatic nitrogens is 1. The van der Waals surface area contributed by atoms with Crippen LogP contribution < -0.4 is 20.2 Å². The fraction of sp³-hybridized carbons (Fsp3) is 0.115. The van der Waals surface area contributed by atoms with Crippen LogP contribution in [0, 0.1) is 6.92 Å². The van der Waals surface area contributed by atoms with E-state index in [0.29, 0.717) is 20.6 Å². The Morgan fingerprint density at radius 3 is 2.58 bits per heavy atom. The van der Waals surface area contributed by atoms with Crippen molar-refractivity contribution < 1.29 is 9.21 Å². The topological polar surface area (TPSA) is 76.6 Å². The van der Waals surface area contributed by atoms with Gasteiger partial charge in [-0.3, -0.25) is 14.2 Å². The predicted molar refractivity (Wildman–Crippen MR) is 129 cm³/mol. The van der Waals surface area contributed by atoms with Gasteiger partial charge in [-0.2, -0.15) is 0 Å². The molecule has 1 N–H and O–H groups in total. The minimum atomic E-state index is -0.585. The number of nitrogens with one attached hydrogen (secondary N) is 1. The van der Waals surface area contributed by atoms with Crippen molar-refractivity contribution in [1.82, 2.24) is 4.57 Å². The van der Waals surface area contributed by atoms with Crippen molar-refractivity contribution in [3.63, 3.8) is 0 Å². The van der Waals surface area contributed by atoms with Gasteiger partial charge in [-0.1, -0.05) is 59.9 Å². The lowest BCUT2D eigenvalue weighted by atomic mass is 9.95. The number of aryl methyl sites for hydroxylation is 1. The van der Waals surface area contributed by atoms with Crippen LogP contribution in [0.2, 0.25) is 0 Å². The molecule has 0 radical (unpaired) electrons. The second-order valence-electron chi connectivity index (χ2n) is 7.82. The zero-order chi connectivity index (χ0) is 22.9. The molecule has 5 rings (SSSR count). The third-order valence-electron chi connectivity index (χ3n) is 5.62. The normalized spacial score (nSPS) is 15.8. The fourth-order valence-electron chi connectivity index (χ4n) is 3.97. The first-order valence-electron chi connectivity index (χ1n) is 10.5. The van der Waals surface area contributed by atoms with Crippen molar-refractivity contribution in [3.05, 3.63) is 121 Å². The Bertz CT molecular complexity index is 1540. The summed E-state index contributed by atoms with van der Waals surface area (Å²) in [6.07, 6.45) is 4.93. The van der Waals surface area contributed by atoms with Crippen molar-refractivity contribution in [2.45, 2.75) is 19.9 Å². The second kappa shape index (κ2) is 8.52. The van der Waals surface area contributed by atoms with Gasteiger partial charge in [-0.05, 0) is 43.2 Å². The molecule has 1 amide bonds. The summed E-state index contributed by atoms with van der Waals surface area (Å²) in [5.41, 5.74) is 4.17. The molecular weight excluding hydrogens is 434 g/mol. The van der Waals surface area contributed by atoms with Crippen LogP contribution in [0.1, 0.15) is 29.7 Å². The molecule has 4 aromatic rings. The molecule has 0 aliphatic carbocycles. The van der Waals surface area contributed by atoms with Gasteiger partial charge in [0, 0.05) is 11.3 Å². The Morgan fingerprint density at radius 1 is 1.09 bits per heavy atom. The van der Waals surface area contributed by atoms with E-state index < -0.39 is 6.04 Å². The number of fused-ring (bicyclic) bond motifs is 1. The lowest BCUT2D eigenvalue weighted by Gasteiger charge is -2.25. The first-order valence-corrected chi connectivity index (χ1v) is 11.3. The molecule has 1 aliphatic rings. The molecule has 0 saturated carbocycles. The van der Waals surface area contributed by atoms with E-state index in [1.54, 1.807) is 29.2 Å². The highest BCUT2D eigenvalue weighted by Crippen LogP contribution is 2.31. The zero-order valence-electron chi connectivity index (χ0n) is 18.1. The number of allylic oxidation sites excluding steroid dienone is 1. The number of benzene rings is 2. The van der Waals surface area contributed by atoms with Gasteiger partial charge in [0.2, 0.25) is 0 Å². The van der Waals surface area contributed by atoms with Crippen molar-refractivity contribution in [2.24, 2.45) is 4.99 Å². The number of carbonyl (C=O) groups is 1. The minimum Gasteiger partial charge on any atom is -0.472 e. The summed E-state index contributed by atoms with van der Waals surface area (Å²) in [5, 5.41) is 3.01. The highest BCUT2D eigenvalue weighted by atomic mass is 32.1. The third-order valence-corrected chi connectivity index (χ3v) is 6.60. The van der Waals surface area contributed by atoms with E-state index in [-0.39, 0.29) is 11.5 Å². The quantitative estimate of drug-likeness (QED) is 0.509. The average molecular weight is 456 g/mol. The smallest absolute Gasteiger partial charge is 0.271 e. The molecule has 164 valence electrons. The van der Waals surface area contributed by atoms with Crippen LogP contribution in [0.5, 0.6) is 0 Å². The second-order valence-corrected chi connectivity index (χ2v) is 8.83. The van der Waals surface area contributed by atoms with Crippen molar-refractivity contribution in [3.8, 4) is 0 Å². The molecule has 0 spiro atoms. The fourth-order valence-corrected chi connectivity index (χ4v) is 5.02. The number of amides is 1. The van der Waals surface area contributed by atoms with Crippen LogP contribution in [0.15, 0.2) is 98.7 Å². The van der Waals surface area contributed by atoms with Gasteiger partial charge in [-0.15, -0.1) is 0 Å². The maximum atomic E-state index is 13.5. The molecule has 3 heterocycles. The van der Waals surface area contributed by atoms with Crippen LogP contribution in [-0.4, -0.2) is 10.5 Å². The number of furan rings is 1. The summed E-state index contributed by atoms with van der Waals surface area (Å²) in [4.78, 5) is 32.3. The Kier molecular flexibility index (Phi) is 5.40. The number of thiazole rings is 1. The molecule has 0 bridgehead atoms. The summed E-state index contributed by atoms with van der Waals surface area (Å²) >= 11 is 1.30. The van der Waals surface area contributed by atoms with Gasteiger partial charge < -0.3 is 9.73 Å². The molecule has 1 aliphatic heterocycles. The molecule has 6 nitrogen and oxygen atoms in total. The summed E-state index contributed by atoms with van der Waals surface area (Å²) in [6.45, 7) is 3.76. The summed E-state index contributed by atoms with van der Waals surface area (Å²) in [7, 11) is 0. The van der Waals surface area contributed by atoms with Gasteiger partial charge in [0.1, 0.15) is 0 Å². The van der Waals surface area contributed by atoms with E-state index in [0.717, 1.165) is 22.4 Å². The van der Waals surface area contributed by atoms with Gasteiger partial charge >= 0.3 is 0 Å². The lowest BCUT2D eigenvalue weighted by molar-refractivity contribution is -0.113. The first-order chi connectivity index (χ1) is 16.0. The van der Waals surface area contributed by atoms with Gasteiger partial charge in [-0.25, -0.2) is 4.99 Å². The van der Waals surface area contributed by atoms with Gasteiger partial charge in [0.15, 0.2) is 4.80 Å². The van der Waals surface area contributed by atoms with E-state index in [1.165, 1.54) is 11.3 Å². The maximum absolute atomic E-state index is 13.5. The van der Waals surface area contributed by atoms with Crippen LogP contribution in [0.3, 0.4) is 0 Å². The molecular formula is C26H21N3O3S. The highest BCUT2D eigenvalue weighted by molar-refractivity contribution is 7.07. The summed E-state index contributed by atoms with van der Waals surface area (Å²) in [6, 6.07) is 18.4. The van der Waals surface area contributed by atoms with Gasteiger partial charge in [0.25, 0.3) is 11.5 Å². The Hall–Kier alpha value is -3.97. The Morgan fingerprint density at radius 2 is 1.85 bits per heavy atom. The molecule has 1 atom stereocenters. The number of para-hydroxylation sites is 1. The number of nitrogens with zero attached hydrogens (tertiary/aromatic N) is 2. The van der Waals surface area contributed by atoms with E-state index >= 15 is 0 Å². The minimum absolute atomic E-state index is 0.192. The Balaban J connectivity index is 1.68. The van der Waals surface area contributed by atoms with Crippen molar-refractivity contribution >= 4 is 29.0 Å². The number of carbonyl (C=O) groups excluding carboxylic acids is 1. The van der Waals surface area contributed by atoms with Crippen molar-refractivity contribution in [2.75, 3.05) is 5.32 Å². The standard InChI is InChI=1S/C26H21N3O3S/c1-16-8-6-7-11-20(16)28-24(30)22-17(2)27-26-29(23(22)19-9-4-3-5-10-19)25(31)21(33-26)14-18-12-13-32-15-18/h3-15,23H,1-2H3,(H,28,30)/b21-14+/t23-/m1/s1. The van der Waals surface area contributed by atoms with Crippen LogP contribution >= 0.6 is 11.3 Å². The van der Waals surface area contributed by atoms with Crippen LogP contribution in [0.25, 0.3) is 6.08 Å². The van der Waals surface area contributed by atoms with Crippen LogP contribution in [-0.2, 0) is 4.79 Å². The number of anilines is 1. The van der Waals surface area contributed by atoms with Crippen LogP contribution in [0.4, 0.5) is 5.69 Å². The maximum Gasteiger partial charge on any atom is 0.271 e. The van der Waals surface area contributed by atoms with E-state index in [1.807, 2.05) is 68.4 Å². The molecule has 0 saturated heterocycles. The Labute approximate surface area is 193 Å².